The first-order valence-electron chi connectivity index (χ1n) is 8.00. The van der Waals surface area contributed by atoms with Crippen molar-refractivity contribution in [2.75, 3.05) is 26.0 Å². The fourth-order valence-corrected chi connectivity index (χ4v) is 2.36. The van der Waals surface area contributed by atoms with Gasteiger partial charge in [-0.25, -0.2) is 4.99 Å². The molecule has 1 heterocycles. The summed E-state index contributed by atoms with van der Waals surface area (Å²) < 4.78 is 0. The zero-order chi connectivity index (χ0) is 16.8. The lowest BCUT2D eigenvalue weighted by Crippen LogP contribution is -2.35. The number of rotatable bonds is 6. The molecular formula is C18H22N6. The minimum atomic E-state index is -0.279. The summed E-state index contributed by atoms with van der Waals surface area (Å²) in [5.41, 5.74) is 3.24. The number of nitrogens with zero attached hydrogens (tertiary/aromatic N) is 5. The topological polar surface area (TPSA) is 55.6 Å². The molecule has 0 bridgehead atoms. The van der Waals surface area contributed by atoms with E-state index in [9.17, 15) is 0 Å². The zero-order valence-corrected chi connectivity index (χ0v) is 14.0. The Bertz CT molecular complexity index is 695. The molecule has 1 unspecified atom stereocenters. The summed E-state index contributed by atoms with van der Waals surface area (Å²) >= 11 is 0. The van der Waals surface area contributed by atoms with Crippen molar-refractivity contribution in [1.82, 2.24) is 10.0 Å². The van der Waals surface area contributed by atoms with Crippen molar-refractivity contribution in [1.29, 1.82) is 0 Å². The molecule has 0 saturated carbocycles. The van der Waals surface area contributed by atoms with Crippen molar-refractivity contribution in [2.24, 2.45) is 15.2 Å². The second kappa shape index (κ2) is 7.70. The van der Waals surface area contributed by atoms with Crippen LogP contribution in [0.4, 0.5) is 11.4 Å². The number of nitrogens with one attached hydrogen (secondary N) is 1. The van der Waals surface area contributed by atoms with Crippen LogP contribution in [0.25, 0.3) is 0 Å². The largest absolute Gasteiger partial charge is 0.385 e. The standard InChI is InChI=1S/C18H22N6/c1-23-14-20-18(24(23)2)22-21-17-10-8-16(9-11-17)19-13-12-15-6-4-3-5-7-15/h3-11,14,18-19H,12-13H2,1-2H3. The molecule has 0 fully saturated rings. The fraction of sp³-hybridized carbons (Fsp3) is 0.278. The summed E-state index contributed by atoms with van der Waals surface area (Å²) in [6, 6.07) is 18.4. The van der Waals surface area contributed by atoms with E-state index in [0.717, 1.165) is 24.3 Å². The lowest BCUT2D eigenvalue weighted by molar-refractivity contribution is 0.0873. The van der Waals surface area contributed by atoms with Crippen molar-refractivity contribution in [3.8, 4) is 0 Å². The van der Waals surface area contributed by atoms with Crippen LogP contribution in [0, 0.1) is 0 Å². The molecule has 0 radical (unpaired) electrons. The molecule has 6 heteroatoms. The first kappa shape index (κ1) is 16.1. The Labute approximate surface area is 142 Å². The fourth-order valence-electron chi connectivity index (χ4n) is 2.36. The molecule has 0 saturated heterocycles. The quantitative estimate of drug-likeness (QED) is 0.828. The van der Waals surface area contributed by atoms with Crippen molar-refractivity contribution in [2.45, 2.75) is 12.7 Å². The van der Waals surface area contributed by atoms with E-state index in [1.54, 1.807) is 6.34 Å². The lowest BCUT2D eigenvalue weighted by atomic mass is 10.1. The molecule has 124 valence electrons. The normalized spacial score (nSPS) is 17.8. The Morgan fingerprint density at radius 3 is 2.46 bits per heavy atom. The first-order valence-corrected chi connectivity index (χ1v) is 8.00. The number of anilines is 1. The Hall–Kier alpha value is -2.73. The van der Waals surface area contributed by atoms with E-state index in [-0.39, 0.29) is 6.29 Å². The maximum absolute atomic E-state index is 4.26. The van der Waals surface area contributed by atoms with E-state index in [4.69, 9.17) is 0 Å². The summed E-state index contributed by atoms with van der Waals surface area (Å²) in [6.45, 7) is 0.902. The van der Waals surface area contributed by atoms with Crippen molar-refractivity contribution < 1.29 is 0 Å². The monoisotopic (exact) mass is 322 g/mol. The van der Waals surface area contributed by atoms with Gasteiger partial charge in [-0.05, 0) is 36.2 Å². The second-order valence-electron chi connectivity index (χ2n) is 5.68. The van der Waals surface area contributed by atoms with E-state index in [1.807, 2.05) is 54.4 Å². The van der Waals surface area contributed by atoms with Gasteiger partial charge in [-0.15, -0.1) is 5.11 Å². The summed E-state index contributed by atoms with van der Waals surface area (Å²) in [4.78, 5) is 4.25. The van der Waals surface area contributed by atoms with Crippen LogP contribution in [0.3, 0.4) is 0 Å². The van der Waals surface area contributed by atoms with Gasteiger partial charge in [-0.2, -0.15) is 10.1 Å². The Kier molecular flexibility index (Phi) is 5.18. The predicted molar refractivity (Wildman–Crippen MR) is 97.4 cm³/mol. The molecule has 1 aliphatic rings. The molecule has 1 aliphatic heterocycles. The summed E-state index contributed by atoms with van der Waals surface area (Å²) in [7, 11) is 3.85. The van der Waals surface area contributed by atoms with E-state index >= 15 is 0 Å². The third-order valence-corrected chi connectivity index (χ3v) is 3.93. The van der Waals surface area contributed by atoms with Crippen molar-refractivity contribution >= 4 is 17.7 Å². The zero-order valence-electron chi connectivity index (χ0n) is 14.0. The number of hydrogen-bond acceptors (Lipinski definition) is 6. The van der Waals surface area contributed by atoms with Crippen molar-refractivity contribution in [3.63, 3.8) is 0 Å². The van der Waals surface area contributed by atoms with Gasteiger partial charge in [0.25, 0.3) is 0 Å². The summed E-state index contributed by atoms with van der Waals surface area (Å²) in [5.74, 6) is 0. The van der Waals surface area contributed by atoms with Crippen LogP contribution >= 0.6 is 0 Å². The number of benzene rings is 2. The van der Waals surface area contributed by atoms with Gasteiger partial charge in [0.1, 0.15) is 6.34 Å². The molecule has 1 N–H and O–H groups in total. The number of azo groups is 1. The first-order chi connectivity index (χ1) is 11.7. The third-order valence-electron chi connectivity index (χ3n) is 3.93. The molecule has 2 aromatic rings. The highest BCUT2D eigenvalue weighted by atomic mass is 15.7. The van der Waals surface area contributed by atoms with Crippen molar-refractivity contribution in [3.05, 3.63) is 60.2 Å². The minimum absolute atomic E-state index is 0.279. The Balaban J connectivity index is 1.49. The molecule has 0 aliphatic carbocycles. The Morgan fingerprint density at radius 1 is 1.04 bits per heavy atom. The van der Waals surface area contributed by atoms with E-state index < -0.39 is 0 Å². The van der Waals surface area contributed by atoms with Crippen LogP contribution in [0.5, 0.6) is 0 Å². The molecule has 24 heavy (non-hydrogen) atoms. The highest BCUT2D eigenvalue weighted by molar-refractivity contribution is 5.56. The molecule has 0 aromatic heterocycles. The average molecular weight is 322 g/mol. The smallest absolute Gasteiger partial charge is 0.233 e. The van der Waals surface area contributed by atoms with Crippen LogP contribution < -0.4 is 5.32 Å². The lowest BCUT2D eigenvalue weighted by Gasteiger charge is -2.20. The molecule has 1 atom stereocenters. The van der Waals surface area contributed by atoms with Crippen LogP contribution in [-0.4, -0.2) is 43.3 Å². The van der Waals surface area contributed by atoms with Gasteiger partial charge in [0.2, 0.25) is 6.29 Å². The van der Waals surface area contributed by atoms with Crippen LogP contribution in [0.15, 0.2) is 69.8 Å². The highest BCUT2D eigenvalue weighted by Crippen LogP contribution is 2.19. The van der Waals surface area contributed by atoms with Gasteiger partial charge in [0.15, 0.2) is 0 Å². The van der Waals surface area contributed by atoms with Crippen LogP contribution in [-0.2, 0) is 6.42 Å². The SMILES string of the molecule is CN1C=NC(N=Nc2ccc(NCCc3ccccc3)cc2)N1C. The van der Waals surface area contributed by atoms with Gasteiger partial charge in [-0.3, -0.25) is 5.01 Å². The maximum atomic E-state index is 4.26. The third kappa shape index (κ3) is 4.17. The Morgan fingerprint density at radius 2 is 1.79 bits per heavy atom. The van der Waals surface area contributed by atoms with Gasteiger partial charge in [0, 0.05) is 26.3 Å². The summed E-state index contributed by atoms with van der Waals surface area (Å²) in [6.07, 6.45) is 2.46. The van der Waals surface area contributed by atoms with E-state index in [1.165, 1.54) is 5.56 Å². The molecule has 0 spiro atoms. The van der Waals surface area contributed by atoms with Gasteiger partial charge in [0.05, 0.1) is 5.69 Å². The van der Waals surface area contributed by atoms with E-state index in [2.05, 4.69) is 44.8 Å². The molecule has 0 amide bonds. The molecule has 3 rings (SSSR count). The summed E-state index contributed by atoms with van der Waals surface area (Å²) in [5, 5.41) is 15.7. The number of hydrazine groups is 1. The molecule has 2 aromatic carbocycles. The molecule has 6 nitrogen and oxygen atoms in total. The predicted octanol–water partition coefficient (Wildman–Crippen LogP) is 3.53. The van der Waals surface area contributed by atoms with Crippen LogP contribution in [0.2, 0.25) is 0 Å². The van der Waals surface area contributed by atoms with Gasteiger partial charge in [-0.1, -0.05) is 30.3 Å². The second-order valence-corrected chi connectivity index (χ2v) is 5.68. The van der Waals surface area contributed by atoms with Gasteiger partial charge < -0.3 is 5.32 Å². The maximum Gasteiger partial charge on any atom is 0.233 e. The van der Waals surface area contributed by atoms with Gasteiger partial charge >= 0.3 is 0 Å². The van der Waals surface area contributed by atoms with Crippen LogP contribution in [0.1, 0.15) is 5.56 Å². The number of aliphatic imine (C=N–C) groups is 1. The average Bonchev–Trinajstić information content (AvgIpc) is 2.94. The highest BCUT2D eigenvalue weighted by Gasteiger charge is 2.20. The minimum Gasteiger partial charge on any atom is -0.385 e. The molecular weight excluding hydrogens is 300 g/mol. The number of hydrogen-bond donors (Lipinski definition) is 1. The van der Waals surface area contributed by atoms with E-state index in [0.29, 0.717) is 0 Å².